The molecule has 0 bridgehead atoms. The SMILES string of the molecule is O=C(Cn1nc(O[C@@H](F)C2CC2)c2cc(Br)ccc2c1=O)Nc1ncc(F)cn1. The third-order valence-corrected chi connectivity index (χ3v) is 4.76. The van der Waals surface area contributed by atoms with Gasteiger partial charge in [-0.1, -0.05) is 15.9 Å². The second-order valence-corrected chi connectivity index (χ2v) is 7.45. The summed E-state index contributed by atoms with van der Waals surface area (Å²) in [6, 6.07) is 4.80. The molecule has 1 atom stereocenters. The Labute approximate surface area is 171 Å². The molecule has 1 aromatic carbocycles. The molecule has 29 heavy (non-hydrogen) atoms. The molecule has 1 aliphatic rings. The average molecular weight is 466 g/mol. The van der Waals surface area contributed by atoms with Crippen LogP contribution < -0.4 is 15.6 Å². The van der Waals surface area contributed by atoms with Gasteiger partial charge in [0.1, 0.15) is 6.54 Å². The molecular weight excluding hydrogens is 452 g/mol. The molecule has 150 valence electrons. The third kappa shape index (κ3) is 4.39. The Morgan fingerprint density at radius 3 is 2.72 bits per heavy atom. The number of nitrogens with one attached hydrogen (secondary N) is 1. The van der Waals surface area contributed by atoms with Crippen molar-refractivity contribution < 1.29 is 18.3 Å². The van der Waals surface area contributed by atoms with E-state index in [2.05, 4.69) is 36.3 Å². The zero-order valence-corrected chi connectivity index (χ0v) is 16.4. The Morgan fingerprint density at radius 1 is 1.31 bits per heavy atom. The molecule has 3 aromatic rings. The van der Waals surface area contributed by atoms with Crippen molar-refractivity contribution in [2.45, 2.75) is 25.7 Å². The molecule has 1 aliphatic carbocycles. The summed E-state index contributed by atoms with van der Waals surface area (Å²) in [5.74, 6) is -1.71. The zero-order chi connectivity index (χ0) is 20.5. The van der Waals surface area contributed by atoms with Gasteiger partial charge in [-0.05, 0) is 31.0 Å². The van der Waals surface area contributed by atoms with Crippen molar-refractivity contribution >= 4 is 38.6 Å². The molecule has 8 nitrogen and oxygen atoms in total. The van der Waals surface area contributed by atoms with Crippen molar-refractivity contribution in [3.8, 4) is 5.88 Å². The summed E-state index contributed by atoms with van der Waals surface area (Å²) in [4.78, 5) is 32.2. The van der Waals surface area contributed by atoms with E-state index >= 15 is 0 Å². The van der Waals surface area contributed by atoms with Crippen molar-refractivity contribution in [2.24, 2.45) is 5.92 Å². The van der Waals surface area contributed by atoms with Crippen LogP contribution in [0.4, 0.5) is 14.7 Å². The number of hydrogen-bond donors (Lipinski definition) is 1. The quantitative estimate of drug-likeness (QED) is 0.600. The number of carbonyl (C=O) groups is 1. The molecule has 2 heterocycles. The highest BCUT2D eigenvalue weighted by Crippen LogP contribution is 2.36. The highest BCUT2D eigenvalue weighted by atomic mass is 79.9. The van der Waals surface area contributed by atoms with Gasteiger partial charge in [-0.25, -0.2) is 23.4 Å². The third-order valence-electron chi connectivity index (χ3n) is 4.27. The van der Waals surface area contributed by atoms with Crippen LogP contribution in [0.15, 0.2) is 39.9 Å². The molecule has 4 rings (SSSR count). The summed E-state index contributed by atoms with van der Waals surface area (Å²) in [6.07, 6.45) is 1.69. The molecule has 2 aromatic heterocycles. The predicted molar refractivity (Wildman–Crippen MR) is 103 cm³/mol. The fourth-order valence-electron chi connectivity index (χ4n) is 2.66. The summed E-state index contributed by atoms with van der Waals surface area (Å²) < 4.78 is 34.0. The van der Waals surface area contributed by atoms with Gasteiger partial charge in [0.25, 0.3) is 5.56 Å². The first-order chi connectivity index (χ1) is 13.9. The number of alkyl halides is 1. The van der Waals surface area contributed by atoms with Gasteiger partial charge in [-0.2, -0.15) is 0 Å². The van der Waals surface area contributed by atoms with E-state index in [1.807, 2.05) is 0 Å². The lowest BCUT2D eigenvalue weighted by Gasteiger charge is -2.14. The van der Waals surface area contributed by atoms with Gasteiger partial charge in [0, 0.05) is 10.4 Å². The van der Waals surface area contributed by atoms with E-state index in [9.17, 15) is 18.4 Å². The molecule has 0 spiro atoms. The average Bonchev–Trinajstić information content (AvgIpc) is 3.52. The summed E-state index contributed by atoms with van der Waals surface area (Å²) >= 11 is 3.31. The first-order valence-corrected chi connectivity index (χ1v) is 9.48. The fourth-order valence-corrected chi connectivity index (χ4v) is 3.02. The molecular formula is C18H14BrF2N5O3. The molecule has 0 unspecified atom stereocenters. The number of anilines is 1. The maximum Gasteiger partial charge on any atom is 0.275 e. The van der Waals surface area contributed by atoms with Crippen LogP contribution in [0.3, 0.4) is 0 Å². The van der Waals surface area contributed by atoms with Gasteiger partial charge in [0.05, 0.1) is 23.2 Å². The maximum atomic E-state index is 14.2. The number of rotatable bonds is 6. The Hall–Kier alpha value is -2.95. The molecule has 0 radical (unpaired) electrons. The van der Waals surface area contributed by atoms with E-state index in [0.717, 1.165) is 29.9 Å². The Bertz CT molecular complexity index is 1130. The minimum absolute atomic E-state index is 0.0777. The minimum atomic E-state index is -1.54. The molecule has 1 saturated carbocycles. The second kappa shape index (κ2) is 7.82. The predicted octanol–water partition coefficient (Wildman–Crippen LogP) is 2.81. The van der Waals surface area contributed by atoms with E-state index in [1.54, 1.807) is 12.1 Å². The van der Waals surface area contributed by atoms with Crippen LogP contribution in [0.2, 0.25) is 0 Å². The molecule has 1 fully saturated rings. The fraction of sp³-hybridized carbons (Fsp3) is 0.278. The zero-order valence-electron chi connectivity index (χ0n) is 14.8. The van der Waals surface area contributed by atoms with Crippen LogP contribution in [0.25, 0.3) is 10.8 Å². The van der Waals surface area contributed by atoms with Gasteiger partial charge in [-0.3, -0.25) is 14.9 Å². The number of aromatic nitrogens is 4. The monoisotopic (exact) mass is 465 g/mol. The Balaban J connectivity index is 1.65. The number of ether oxygens (including phenoxy) is 1. The standard InChI is InChI=1S/C18H14BrF2N5O3/c19-10-3-4-12-13(5-10)16(29-15(21)9-1-2-9)25-26(17(12)28)8-14(27)24-18-22-6-11(20)7-23-18/h3-7,9,15H,1-2,8H2,(H,22,23,24,27)/t15-/m1/s1. The van der Waals surface area contributed by atoms with Crippen molar-refractivity contribution in [2.75, 3.05) is 5.32 Å². The normalized spacial score (nSPS) is 14.6. The summed E-state index contributed by atoms with van der Waals surface area (Å²) in [5.41, 5.74) is -0.545. The highest BCUT2D eigenvalue weighted by Gasteiger charge is 2.34. The van der Waals surface area contributed by atoms with Crippen LogP contribution in [-0.2, 0) is 11.3 Å². The number of amides is 1. The van der Waals surface area contributed by atoms with Crippen LogP contribution in [0.5, 0.6) is 5.88 Å². The number of hydrogen-bond acceptors (Lipinski definition) is 6. The van der Waals surface area contributed by atoms with Crippen LogP contribution >= 0.6 is 15.9 Å². The molecule has 0 aliphatic heterocycles. The van der Waals surface area contributed by atoms with E-state index in [4.69, 9.17) is 4.74 Å². The number of nitrogens with zero attached hydrogens (tertiary/aromatic N) is 4. The van der Waals surface area contributed by atoms with Gasteiger partial charge in [0.2, 0.25) is 24.1 Å². The number of halogens is 3. The Kier molecular flexibility index (Phi) is 5.22. The lowest BCUT2D eigenvalue weighted by atomic mass is 10.2. The molecule has 1 amide bonds. The molecule has 0 saturated heterocycles. The first kappa shape index (κ1) is 19.4. The number of fused-ring (bicyclic) bond motifs is 1. The van der Waals surface area contributed by atoms with E-state index in [1.165, 1.54) is 6.07 Å². The summed E-state index contributed by atoms with van der Waals surface area (Å²) in [6.45, 7) is -0.484. The topological polar surface area (TPSA) is 99.0 Å². The van der Waals surface area contributed by atoms with Gasteiger partial charge >= 0.3 is 0 Å². The van der Waals surface area contributed by atoms with Gasteiger partial charge in [0.15, 0.2) is 5.82 Å². The highest BCUT2D eigenvalue weighted by molar-refractivity contribution is 9.10. The van der Waals surface area contributed by atoms with Gasteiger partial charge in [-0.15, -0.1) is 5.10 Å². The summed E-state index contributed by atoms with van der Waals surface area (Å²) in [5, 5.41) is 6.96. The van der Waals surface area contributed by atoms with Gasteiger partial charge < -0.3 is 4.74 Å². The van der Waals surface area contributed by atoms with Crippen molar-refractivity contribution in [3.63, 3.8) is 0 Å². The van der Waals surface area contributed by atoms with E-state index in [-0.39, 0.29) is 23.1 Å². The minimum Gasteiger partial charge on any atom is -0.441 e. The number of carbonyl (C=O) groups excluding carboxylic acids is 1. The smallest absolute Gasteiger partial charge is 0.275 e. The van der Waals surface area contributed by atoms with E-state index < -0.39 is 30.2 Å². The number of benzene rings is 1. The van der Waals surface area contributed by atoms with E-state index in [0.29, 0.717) is 9.86 Å². The lowest BCUT2D eigenvalue weighted by molar-refractivity contribution is -0.117. The van der Waals surface area contributed by atoms with Crippen molar-refractivity contribution in [1.29, 1.82) is 0 Å². The van der Waals surface area contributed by atoms with Crippen LogP contribution in [0.1, 0.15) is 12.8 Å². The first-order valence-electron chi connectivity index (χ1n) is 8.69. The molecule has 11 heteroatoms. The van der Waals surface area contributed by atoms with Crippen LogP contribution in [-0.4, -0.2) is 32.0 Å². The van der Waals surface area contributed by atoms with Crippen LogP contribution in [0, 0.1) is 11.7 Å². The summed E-state index contributed by atoms with van der Waals surface area (Å²) in [7, 11) is 0. The maximum absolute atomic E-state index is 14.2. The van der Waals surface area contributed by atoms with Crippen molar-refractivity contribution in [3.05, 3.63) is 51.2 Å². The largest absolute Gasteiger partial charge is 0.441 e. The second-order valence-electron chi connectivity index (χ2n) is 6.54. The Morgan fingerprint density at radius 2 is 2.03 bits per heavy atom. The van der Waals surface area contributed by atoms with Crippen molar-refractivity contribution in [1.82, 2.24) is 19.7 Å². The molecule has 1 N–H and O–H groups in total. The lowest BCUT2D eigenvalue weighted by Crippen LogP contribution is -2.31.